The molecule has 2 atom stereocenters. The SMILES string of the molecule is C[C@@H]1C(=O)N(C[C@H](O)COCc2ccco2)C(=O)N1c1ccccc1. The van der Waals surface area contributed by atoms with E-state index in [9.17, 15) is 14.7 Å². The van der Waals surface area contributed by atoms with Gasteiger partial charge in [-0.1, -0.05) is 18.2 Å². The molecule has 7 heteroatoms. The smallest absolute Gasteiger partial charge is 0.332 e. The highest BCUT2D eigenvalue weighted by Gasteiger charge is 2.43. The van der Waals surface area contributed by atoms with Crippen molar-refractivity contribution in [3.63, 3.8) is 0 Å². The minimum atomic E-state index is -0.967. The first-order valence-electron chi connectivity index (χ1n) is 8.05. The van der Waals surface area contributed by atoms with Crippen LogP contribution in [0.25, 0.3) is 0 Å². The standard InChI is InChI=1S/C18H20N2O5/c1-13-17(22)19(18(23)20(13)14-6-3-2-4-7-14)10-15(21)11-24-12-16-8-5-9-25-16/h2-9,13,15,21H,10-12H2,1H3/t13-,15+/m1/s1. The van der Waals surface area contributed by atoms with Gasteiger partial charge in [0.2, 0.25) is 0 Å². The number of carbonyl (C=O) groups is 2. The molecule has 1 fully saturated rings. The molecule has 25 heavy (non-hydrogen) atoms. The first-order valence-corrected chi connectivity index (χ1v) is 8.05. The maximum absolute atomic E-state index is 12.6. The number of anilines is 1. The van der Waals surface area contributed by atoms with Gasteiger partial charge in [0.05, 0.1) is 25.5 Å². The molecule has 1 saturated heterocycles. The lowest BCUT2D eigenvalue weighted by Crippen LogP contribution is -2.40. The summed E-state index contributed by atoms with van der Waals surface area (Å²) in [7, 11) is 0. The van der Waals surface area contributed by atoms with Gasteiger partial charge in [-0.05, 0) is 31.2 Å². The number of hydrogen-bond acceptors (Lipinski definition) is 5. The van der Waals surface area contributed by atoms with Crippen LogP contribution in [0, 0.1) is 0 Å². The van der Waals surface area contributed by atoms with Gasteiger partial charge in [-0.25, -0.2) is 4.79 Å². The largest absolute Gasteiger partial charge is 0.467 e. The van der Waals surface area contributed by atoms with Crippen LogP contribution in [0.1, 0.15) is 12.7 Å². The van der Waals surface area contributed by atoms with Crippen LogP contribution >= 0.6 is 0 Å². The van der Waals surface area contributed by atoms with E-state index in [2.05, 4.69) is 0 Å². The number of urea groups is 1. The molecular weight excluding hydrogens is 324 g/mol. The molecule has 1 N–H and O–H groups in total. The van der Waals surface area contributed by atoms with Gasteiger partial charge in [0.25, 0.3) is 5.91 Å². The predicted molar refractivity (Wildman–Crippen MR) is 89.9 cm³/mol. The van der Waals surface area contributed by atoms with E-state index in [-0.39, 0.29) is 25.7 Å². The van der Waals surface area contributed by atoms with E-state index in [4.69, 9.17) is 9.15 Å². The lowest BCUT2D eigenvalue weighted by molar-refractivity contribution is -0.128. The van der Waals surface area contributed by atoms with E-state index in [1.54, 1.807) is 43.3 Å². The number of furan rings is 1. The van der Waals surface area contributed by atoms with Crippen LogP contribution < -0.4 is 4.90 Å². The van der Waals surface area contributed by atoms with Gasteiger partial charge in [-0.2, -0.15) is 0 Å². The molecule has 1 aromatic carbocycles. The van der Waals surface area contributed by atoms with Crippen molar-refractivity contribution in [1.82, 2.24) is 4.90 Å². The van der Waals surface area contributed by atoms with Crippen LogP contribution in [-0.4, -0.2) is 47.2 Å². The third-order valence-electron chi connectivity index (χ3n) is 4.01. The average molecular weight is 344 g/mol. The number of hydrogen-bond donors (Lipinski definition) is 1. The molecule has 7 nitrogen and oxygen atoms in total. The van der Waals surface area contributed by atoms with Crippen molar-refractivity contribution in [3.8, 4) is 0 Å². The molecule has 2 aromatic rings. The van der Waals surface area contributed by atoms with Crippen molar-refractivity contribution < 1.29 is 23.8 Å². The summed E-state index contributed by atoms with van der Waals surface area (Å²) >= 11 is 0. The second-order valence-corrected chi connectivity index (χ2v) is 5.86. The normalized spacial score (nSPS) is 18.9. The molecule has 0 saturated carbocycles. The zero-order valence-electron chi connectivity index (χ0n) is 13.9. The topological polar surface area (TPSA) is 83.2 Å². The summed E-state index contributed by atoms with van der Waals surface area (Å²) in [6.07, 6.45) is 0.571. The summed E-state index contributed by atoms with van der Waals surface area (Å²) in [6.45, 7) is 1.78. The molecule has 3 amide bonds. The van der Waals surface area contributed by atoms with Crippen LogP contribution in [0.3, 0.4) is 0 Å². The number of rotatable bonds is 7. The van der Waals surface area contributed by atoms with Crippen LogP contribution in [0.15, 0.2) is 53.1 Å². The van der Waals surface area contributed by atoms with Crippen LogP contribution in [0.2, 0.25) is 0 Å². The number of ether oxygens (including phenoxy) is 1. The fourth-order valence-corrected chi connectivity index (χ4v) is 2.77. The van der Waals surface area contributed by atoms with Crippen LogP contribution in [0.4, 0.5) is 10.5 Å². The van der Waals surface area contributed by atoms with Gasteiger partial charge >= 0.3 is 6.03 Å². The van der Waals surface area contributed by atoms with Gasteiger partial charge in [0.1, 0.15) is 18.4 Å². The van der Waals surface area contributed by atoms with E-state index in [0.29, 0.717) is 11.4 Å². The van der Waals surface area contributed by atoms with E-state index in [1.807, 2.05) is 6.07 Å². The van der Waals surface area contributed by atoms with E-state index in [1.165, 1.54) is 11.2 Å². The van der Waals surface area contributed by atoms with E-state index < -0.39 is 18.2 Å². The number of amides is 3. The van der Waals surface area contributed by atoms with Gasteiger partial charge in [0.15, 0.2) is 0 Å². The number of imide groups is 1. The van der Waals surface area contributed by atoms with Crippen molar-refractivity contribution in [2.75, 3.05) is 18.1 Å². The summed E-state index contributed by atoms with van der Waals surface area (Å²) in [5.74, 6) is 0.309. The molecular formula is C18H20N2O5. The number of β-amino-alcohol motifs (C(OH)–C–C–N with tert-alkyl or cyclic N) is 1. The monoisotopic (exact) mass is 344 g/mol. The minimum Gasteiger partial charge on any atom is -0.467 e. The number of aliphatic hydroxyl groups is 1. The molecule has 0 aliphatic carbocycles. The number of carbonyl (C=O) groups excluding carboxylic acids is 2. The van der Waals surface area contributed by atoms with Crippen LogP contribution in [-0.2, 0) is 16.1 Å². The summed E-state index contributed by atoms with van der Waals surface area (Å²) in [4.78, 5) is 27.5. The molecule has 0 unspecified atom stereocenters. The quantitative estimate of drug-likeness (QED) is 0.777. The maximum atomic E-state index is 12.6. The van der Waals surface area contributed by atoms with Gasteiger partial charge in [0, 0.05) is 5.69 Å². The van der Waals surface area contributed by atoms with E-state index >= 15 is 0 Å². The lowest BCUT2D eigenvalue weighted by atomic mass is 10.2. The Balaban J connectivity index is 1.58. The zero-order chi connectivity index (χ0) is 17.8. The van der Waals surface area contributed by atoms with Crippen molar-refractivity contribution in [2.24, 2.45) is 0 Å². The highest BCUT2D eigenvalue weighted by atomic mass is 16.5. The molecule has 3 rings (SSSR count). The molecule has 0 spiro atoms. The predicted octanol–water partition coefficient (Wildman–Crippen LogP) is 2.01. The molecule has 0 bridgehead atoms. The summed E-state index contributed by atoms with van der Waals surface area (Å²) in [6, 6.07) is 11.5. The lowest BCUT2D eigenvalue weighted by Gasteiger charge is -2.20. The third kappa shape index (κ3) is 3.72. The summed E-state index contributed by atoms with van der Waals surface area (Å²) in [5, 5.41) is 10.1. The fourth-order valence-electron chi connectivity index (χ4n) is 2.77. The Morgan fingerprint density at radius 3 is 2.64 bits per heavy atom. The average Bonchev–Trinajstić information content (AvgIpc) is 3.19. The highest BCUT2D eigenvalue weighted by molar-refractivity contribution is 6.14. The molecule has 1 aliphatic heterocycles. The van der Waals surface area contributed by atoms with Crippen molar-refractivity contribution in [3.05, 3.63) is 54.5 Å². The number of aliphatic hydroxyl groups excluding tert-OH is 1. The minimum absolute atomic E-state index is 0.00250. The van der Waals surface area contributed by atoms with Crippen molar-refractivity contribution in [1.29, 1.82) is 0 Å². The van der Waals surface area contributed by atoms with Crippen molar-refractivity contribution >= 4 is 17.6 Å². The van der Waals surface area contributed by atoms with Gasteiger partial charge < -0.3 is 14.3 Å². The first-order chi connectivity index (χ1) is 12.1. The Labute approximate surface area is 145 Å². The number of para-hydroxylation sites is 1. The third-order valence-corrected chi connectivity index (χ3v) is 4.01. The Morgan fingerprint density at radius 2 is 1.96 bits per heavy atom. The Morgan fingerprint density at radius 1 is 1.20 bits per heavy atom. The summed E-state index contributed by atoms with van der Waals surface area (Å²) < 4.78 is 10.5. The van der Waals surface area contributed by atoms with Gasteiger partial charge in [-0.15, -0.1) is 0 Å². The van der Waals surface area contributed by atoms with E-state index in [0.717, 1.165) is 4.90 Å². The van der Waals surface area contributed by atoms with Crippen LogP contribution in [0.5, 0.6) is 0 Å². The first kappa shape index (κ1) is 17.2. The van der Waals surface area contributed by atoms with Gasteiger partial charge in [-0.3, -0.25) is 14.6 Å². The maximum Gasteiger partial charge on any atom is 0.332 e. The molecule has 1 aromatic heterocycles. The number of benzene rings is 1. The Hall–Kier alpha value is -2.64. The number of nitrogens with zero attached hydrogens (tertiary/aromatic N) is 2. The van der Waals surface area contributed by atoms with Crippen molar-refractivity contribution in [2.45, 2.75) is 25.7 Å². The molecule has 0 radical (unpaired) electrons. The summed E-state index contributed by atoms with van der Waals surface area (Å²) in [5.41, 5.74) is 0.652. The Bertz CT molecular complexity index is 716. The fraction of sp³-hybridized carbons (Fsp3) is 0.333. The highest BCUT2D eigenvalue weighted by Crippen LogP contribution is 2.25. The molecule has 132 valence electrons. The zero-order valence-corrected chi connectivity index (χ0v) is 13.9. The molecule has 1 aliphatic rings. The molecule has 2 heterocycles. The second kappa shape index (κ2) is 7.50. The second-order valence-electron chi connectivity index (χ2n) is 5.86. The Kier molecular flexibility index (Phi) is 5.16.